The van der Waals surface area contributed by atoms with Crippen LogP contribution in [0.3, 0.4) is 0 Å². The monoisotopic (exact) mass is 316 g/mol. The minimum Gasteiger partial charge on any atom is -0.458 e. The molecular weight excluding hydrogens is 288 g/mol. The molecule has 0 radical (unpaired) electrons. The van der Waals surface area contributed by atoms with E-state index < -0.39 is 0 Å². The molecule has 0 aromatic rings. The van der Waals surface area contributed by atoms with Crippen molar-refractivity contribution in [3.8, 4) is 0 Å². The Kier molecular flexibility index (Phi) is 4.02. The molecule has 0 bridgehead atoms. The minimum absolute atomic E-state index is 0.0146. The highest BCUT2D eigenvalue weighted by molar-refractivity contribution is 5.95. The standard InChI is InChI=1S/C20H28O3/c1-13-12-16(21)17-19(2,3)9-5-10-20(17,4)15(13)7-6-14-8-11-23-18(14)22/h8,12,15,17H,5-7,9-11H2,1-4H3. The van der Waals surface area contributed by atoms with Crippen LogP contribution in [0, 0.1) is 22.7 Å². The lowest BCUT2D eigenvalue weighted by atomic mass is 9.48. The molecule has 0 amide bonds. The van der Waals surface area contributed by atoms with Gasteiger partial charge in [0, 0.05) is 11.5 Å². The highest BCUT2D eigenvalue weighted by Gasteiger charge is 2.55. The van der Waals surface area contributed by atoms with Gasteiger partial charge in [-0.1, -0.05) is 32.8 Å². The summed E-state index contributed by atoms with van der Waals surface area (Å²) >= 11 is 0. The molecule has 23 heavy (non-hydrogen) atoms. The Labute approximate surface area is 139 Å². The van der Waals surface area contributed by atoms with Gasteiger partial charge < -0.3 is 4.74 Å². The zero-order chi connectivity index (χ0) is 16.8. The van der Waals surface area contributed by atoms with Crippen LogP contribution in [-0.4, -0.2) is 18.4 Å². The molecule has 126 valence electrons. The Hall–Kier alpha value is -1.38. The first-order valence-electron chi connectivity index (χ1n) is 8.84. The van der Waals surface area contributed by atoms with Crippen LogP contribution in [0.4, 0.5) is 0 Å². The van der Waals surface area contributed by atoms with Gasteiger partial charge in [0.1, 0.15) is 6.61 Å². The van der Waals surface area contributed by atoms with Crippen LogP contribution < -0.4 is 0 Å². The zero-order valence-electron chi connectivity index (χ0n) is 14.8. The molecule has 1 heterocycles. The lowest BCUT2D eigenvalue weighted by Crippen LogP contribution is -2.52. The van der Waals surface area contributed by atoms with Gasteiger partial charge in [-0.25, -0.2) is 4.79 Å². The largest absolute Gasteiger partial charge is 0.458 e. The second-order valence-electron chi connectivity index (χ2n) is 8.49. The van der Waals surface area contributed by atoms with Crippen molar-refractivity contribution in [2.75, 3.05) is 6.61 Å². The number of carbonyl (C=O) groups excluding carboxylic acids is 2. The smallest absolute Gasteiger partial charge is 0.334 e. The van der Waals surface area contributed by atoms with Crippen LogP contribution in [0.25, 0.3) is 0 Å². The topological polar surface area (TPSA) is 43.4 Å². The van der Waals surface area contributed by atoms with Crippen LogP contribution in [0.5, 0.6) is 0 Å². The number of hydrogen-bond donors (Lipinski definition) is 0. The van der Waals surface area contributed by atoms with Gasteiger partial charge in [-0.2, -0.15) is 0 Å². The summed E-state index contributed by atoms with van der Waals surface area (Å²) in [5.41, 5.74) is 2.08. The lowest BCUT2D eigenvalue weighted by molar-refractivity contribution is -0.138. The predicted molar refractivity (Wildman–Crippen MR) is 89.8 cm³/mol. The van der Waals surface area contributed by atoms with Crippen LogP contribution in [0.15, 0.2) is 23.3 Å². The van der Waals surface area contributed by atoms with Gasteiger partial charge in [0.2, 0.25) is 0 Å². The Morgan fingerprint density at radius 1 is 1.22 bits per heavy atom. The van der Waals surface area contributed by atoms with Gasteiger partial charge in [0.25, 0.3) is 0 Å². The Balaban J connectivity index is 1.87. The van der Waals surface area contributed by atoms with Gasteiger partial charge >= 0.3 is 5.97 Å². The maximum absolute atomic E-state index is 12.8. The van der Waals surface area contributed by atoms with Gasteiger partial charge in [-0.15, -0.1) is 0 Å². The van der Waals surface area contributed by atoms with Gasteiger partial charge in [-0.05, 0) is 61.5 Å². The summed E-state index contributed by atoms with van der Waals surface area (Å²) in [5, 5.41) is 0. The Morgan fingerprint density at radius 3 is 2.61 bits per heavy atom. The number of allylic oxidation sites excluding steroid dienone is 2. The third-order valence-corrected chi connectivity index (χ3v) is 6.49. The molecule has 3 heteroatoms. The Bertz CT molecular complexity index is 596. The van der Waals surface area contributed by atoms with Crippen molar-refractivity contribution >= 4 is 11.8 Å². The summed E-state index contributed by atoms with van der Waals surface area (Å²) in [6.07, 6.45) is 8.88. The average molecular weight is 316 g/mol. The molecule has 3 atom stereocenters. The molecule has 1 fully saturated rings. The number of cyclic esters (lactones) is 1. The number of esters is 1. The van der Waals surface area contributed by atoms with Crippen molar-refractivity contribution in [2.24, 2.45) is 22.7 Å². The SMILES string of the molecule is CC1=CC(=O)C2C(C)(C)CCCC2(C)C1CCC1=CCOC1=O. The molecule has 3 nitrogen and oxygen atoms in total. The number of ether oxygens (including phenoxy) is 1. The summed E-state index contributed by atoms with van der Waals surface area (Å²) in [5.74, 6) is 0.621. The predicted octanol–water partition coefficient (Wildman–Crippen LogP) is 4.23. The number of fused-ring (bicyclic) bond motifs is 1. The number of carbonyl (C=O) groups is 2. The van der Waals surface area contributed by atoms with Crippen LogP contribution >= 0.6 is 0 Å². The van der Waals surface area contributed by atoms with E-state index in [1.807, 2.05) is 12.2 Å². The summed E-state index contributed by atoms with van der Waals surface area (Å²) < 4.78 is 5.01. The highest BCUT2D eigenvalue weighted by Crippen LogP contribution is 2.59. The van der Waals surface area contributed by atoms with Gasteiger partial charge in [0.05, 0.1) is 0 Å². The number of ketones is 1. The van der Waals surface area contributed by atoms with E-state index >= 15 is 0 Å². The fourth-order valence-electron chi connectivity index (χ4n) is 5.58. The normalized spacial score (nSPS) is 36.2. The van der Waals surface area contributed by atoms with E-state index in [9.17, 15) is 9.59 Å². The van der Waals surface area contributed by atoms with Crippen LogP contribution in [0.2, 0.25) is 0 Å². The van der Waals surface area contributed by atoms with E-state index in [-0.39, 0.29) is 22.7 Å². The van der Waals surface area contributed by atoms with Crippen LogP contribution in [0.1, 0.15) is 59.8 Å². The fraction of sp³-hybridized carbons (Fsp3) is 0.700. The first-order chi connectivity index (χ1) is 10.8. The third-order valence-electron chi connectivity index (χ3n) is 6.49. The van der Waals surface area contributed by atoms with Gasteiger partial charge in [-0.3, -0.25) is 4.79 Å². The summed E-state index contributed by atoms with van der Waals surface area (Å²) in [6.45, 7) is 9.30. The molecule has 0 spiro atoms. The molecular formula is C20H28O3. The first kappa shape index (κ1) is 16.5. The molecule has 3 unspecified atom stereocenters. The molecule has 0 N–H and O–H groups in total. The minimum atomic E-state index is -0.163. The van der Waals surface area contributed by atoms with Gasteiger partial charge in [0.15, 0.2) is 5.78 Å². The molecule has 3 rings (SSSR count). The van der Waals surface area contributed by atoms with Crippen molar-refractivity contribution in [3.05, 3.63) is 23.3 Å². The second-order valence-corrected chi connectivity index (χ2v) is 8.49. The van der Waals surface area contributed by atoms with Crippen molar-refractivity contribution in [1.82, 2.24) is 0 Å². The molecule has 0 aromatic heterocycles. The maximum Gasteiger partial charge on any atom is 0.334 e. The number of rotatable bonds is 3. The van der Waals surface area contributed by atoms with E-state index in [2.05, 4.69) is 27.7 Å². The molecule has 0 saturated heterocycles. The second kappa shape index (κ2) is 5.61. The summed E-state index contributed by atoms with van der Waals surface area (Å²) in [7, 11) is 0. The third kappa shape index (κ3) is 2.68. The maximum atomic E-state index is 12.8. The quantitative estimate of drug-likeness (QED) is 0.732. The Morgan fingerprint density at radius 2 is 1.96 bits per heavy atom. The van der Waals surface area contributed by atoms with Crippen molar-refractivity contribution in [2.45, 2.75) is 59.8 Å². The molecule has 0 aromatic carbocycles. The first-order valence-corrected chi connectivity index (χ1v) is 8.84. The lowest BCUT2D eigenvalue weighted by Gasteiger charge is -2.55. The molecule has 3 aliphatic rings. The van der Waals surface area contributed by atoms with Crippen molar-refractivity contribution < 1.29 is 14.3 Å². The van der Waals surface area contributed by atoms with Crippen molar-refractivity contribution in [3.63, 3.8) is 0 Å². The molecule has 1 aliphatic heterocycles. The molecule has 1 saturated carbocycles. The van der Waals surface area contributed by atoms with E-state index in [1.165, 1.54) is 12.0 Å². The summed E-state index contributed by atoms with van der Waals surface area (Å²) in [4.78, 5) is 24.4. The van der Waals surface area contributed by atoms with E-state index in [0.717, 1.165) is 31.3 Å². The average Bonchev–Trinajstić information content (AvgIpc) is 2.82. The molecule has 2 aliphatic carbocycles. The fourth-order valence-corrected chi connectivity index (χ4v) is 5.58. The number of hydrogen-bond acceptors (Lipinski definition) is 3. The van der Waals surface area contributed by atoms with E-state index in [4.69, 9.17) is 4.74 Å². The van der Waals surface area contributed by atoms with Crippen LogP contribution in [-0.2, 0) is 14.3 Å². The van der Waals surface area contributed by atoms with Crippen molar-refractivity contribution in [1.29, 1.82) is 0 Å². The van der Waals surface area contributed by atoms with E-state index in [0.29, 0.717) is 18.3 Å². The summed E-state index contributed by atoms with van der Waals surface area (Å²) in [6, 6.07) is 0. The zero-order valence-corrected chi connectivity index (χ0v) is 14.8. The van der Waals surface area contributed by atoms with E-state index in [1.54, 1.807) is 0 Å². The highest BCUT2D eigenvalue weighted by atomic mass is 16.5.